The lowest BCUT2D eigenvalue weighted by atomic mass is 9.67. The van der Waals surface area contributed by atoms with Crippen LogP contribution < -0.4 is 20.1 Å². The van der Waals surface area contributed by atoms with Crippen molar-refractivity contribution in [2.45, 2.75) is 43.3 Å². The highest BCUT2D eigenvalue weighted by molar-refractivity contribution is 9.11. The summed E-state index contributed by atoms with van der Waals surface area (Å²) in [6, 6.07) is 44.0. The van der Waals surface area contributed by atoms with Gasteiger partial charge in [0, 0.05) is 35.7 Å². The Bertz CT molecular complexity index is 2320. The summed E-state index contributed by atoms with van der Waals surface area (Å²) >= 11 is 7.16. The van der Waals surface area contributed by atoms with Crippen LogP contribution >= 0.6 is 31.9 Å². The molecule has 0 saturated carbocycles. The first-order valence-electron chi connectivity index (χ1n) is 20.0. The van der Waals surface area contributed by atoms with Crippen LogP contribution in [0.4, 0.5) is 11.4 Å². The van der Waals surface area contributed by atoms with Gasteiger partial charge < -0.3 is 29.6 Å². The van der Waals surface area contributed by atoms with E-state index in [9.17, 15) is 9.59 Å². The number of benzene rings is 6. The second-order valence-electron chi connectivity index (χ2n) is 15.1. The third-order valence-corrected chi connectivity index (χ3v) is 12.6. The summed E-state index contributed by atoms with van der Waals surface area (Å²) in [6.45, 7) is 2.51. The number of hydrogen-bond donors (Lipinski definition) is 2. The van der Waals surface area contributed by atoms with Crippen molar-refractivity contribution in [1.82, 2.24) is 0 Å². The Kier molecular flexibility index (Phi) is 11.4. The Morgan fingerprint density at radius 1 is 0.576 bits per heavy atom. The maximum Gasteiger partial charge on any atom is 0.255 e. The van der Waals surface area contributed by atoms with E-state index in [0.717, 1.165) is 61.2 Å². The van der Waals surface area contributed by atoms with E-state index < -0.39 is 5.41 Å². The quantitative estimate of drug-likeness (QED) is 0.127. The number of carbonyl (C=O) groups is 2. The number of ether oxygens (including phenoxy) is 4. The summed E-state index contributed by atoms with van der Waals surface area (Å²) in [7, 11) is 0. The van der Waals surface area contributed by atoms with Crippen LogP contribution in [-0.4, -0.2) is 50.4 Å². The smallest absolute Gasteiger partial charge is 0.255 e. The predicted octanol–water partition coefficient (Wildman–Crippen LogP) is 11.2. The molecule has 2 fully saturated rings. The van der Waals surface area contributed by atoms with Crippen molar-refractivity contribution in [1.29, 1.82) is 0 Å². The second kappa shape index (κ2) is 17.1. The average Bonchev–Trinajstić information content (AvgIpc) is 4.05. The van der Waals surface area contributed by atoms with Crippen LogP contribution in [0.3, 0.4) is 0 Å². The van der Waals surface area contributed by atoms with Gasteiger partial charge in [-0.25, -0.2) is 0 Å². The molecule has 2 unspecified atom stereocenters. The van der Waals surface area contributed by atoms with Gasteiger partial charge in [-0.15, -0.1) is 0 Å². The maximum absolute atomic E-state index is 13.5. The van der Waals surface area contributed by atoms with Crippen molar-refractivity contribution in [2.24, 2.45) is 0 Å². The standard InChI is InChI=1S/C49H42Br2N2O6/c50-43-27-31(13-23-45(43)58-29-37-7-5-25-56-37)47(54)52-35-19-15-33(16-20-35)49(41-11-3-1-9-39(41)40-10-2-4-12-42(40)49)34-17-21-36(22-18-34)53-48(55)32-14-24-46(44(51)28-32)59-30-38-8-6-26-57-38/h1-4,9-24,27-28,37-38H,5-8,25-26,29-30H2,(H,52,54)(H,53,55). The summed E-state index contributed by atoms with van der Waals surface area (Å²) in [5.41, 5.74) is 8.46. The van der Waals surface area contributed by atoms with Crippen molar-refractivity contribution in [2.75, 3.05) is 37.1 Å². The van der Waals surface area contributed by atoms with Crippen LogP contribution in [0.15, 0.2) is 142 Å². The first-order chi connectivity index (χ1) is 28.9. The lowest BCUT2D eigenvalue weighted by Gasteiger charge is -2.34. The normalized spacial score (nSPS) is 17.5. The van der Waals surface area contributed by atoms with E-state index in [4.69, 9.17) is 18.9 Å². The molecule has 0 spiro atoms. The van der Waals surface area contributed by atoms with E-state index >= 15 is 0 Å². The van der Waals surface area contributed by atoms with E-state index in [2.05, 4.69) is 115 Å². The lowest BCUT2D eigenvalue weighted by Crippen LogP contribution is -2.28. The maximum atomic E-state index is 13.5. The van der Waals surface area contributed by atoms with Gasteiger partial charge in [0.25, 0.3) is 11.8 Å². The van der Waals surface area contributed by atoms with Crippen LogP contribution in [0.2, 0.25) is 0 Å². The minimum absolute atomic E-state index is 0.103. The molecule has 1 aliphatic carbocycles. The van der Waals surface area contributed by atoms with Crippen molar-refractivity contribution in [3.63, 3.8) is 0 Å². The Labute approximate surface area is 360 Å². The molecular formula is C49H42Br2N2O6. The largest absolute Gasteiger partial charge is 0.490 e. The Morgan fingerprint density at radius 2 is 1.00 bits per heavy atom. The first-order valence-corrected chi connectivity index (χ1v) is 21.6. The third kappa shape index (κ3) is 7.94. The Morgan fingerprint density at radius 3 is 1.39 bits per heavy atom. The molecule has 298 valence electrons. The highest BCUT2D eigenvalue weighted by Crippen LogP contribution is 2.56. The highest BCUT2D eigenvalue weighted by Gasteiger charge is 2.45. The van der Waals surface area contributed by atoms with Gasteiger partial charge in [-0.1, -0.05) is 72.8 Å². The molecule has 2 heterocycles. The monoisotopic (exact) mass is 912 g/mol. The molecule has 6 aromatic carbocycles. The van der Waals surface area contributed by atoms with Gasteiger partial charge in [0.05, 0.1) is 26.6 Å². The second-order valence-corrected chi connectivity index (χ2v) is 16.8. The molecule has 0 aromatic heterocycles. The summed E-state index contributed by atoms with van der Waals surface area (Å²) in [5, 5.41) is 6.16. The molecule has 0 bridgehead atoms. The number of fused-ring (bicyclic) bond motifs is 3. The minimum atomic E-state index is -0.660. The molecule has 6 aromatic rings. The Hall–Kier alpha value is -5.26. The number of hydrogen-bond acceptors (Lipinski definition) is 6. The summed E-state index contributed by atoms with van der Waals surface area (Å²) in [4.78, 5) is 26.9. The first kappa shape index (κ1) is 39.2. The van der Waals surface area contributed by atoms with Crippen molar-refractivity contribution < 1.29 is 28.5 Å². The molecule has 9 rings (SSSR count). The number of halogens is 2. The zero-order chi connectivity index (χ0) is 40.3. The number of amides is 2. The SMILES string of the molecule is O=C(Nc1ccc(C2(c3ccc(NC(=O)c4ccc(OCC5CCCO5)c(Br)c4)cc3)c3ccccc3-c3ccccc32)cc1)c1ccc(OCC2CCCO2)c(Br)c1. The van der Waals surface area contributed by atoms with E-state index in [0.29, 0.717) is 56.2 Å². The van der Waals surface area contributed by atoms with Crippen LogP contribution in [0.25, 0.3) is 11.1 Å². The summed E-state index contributed by atoms with van der Waals surface area (Å²) in [5.74, 6) is 0.904. The highest BCUT2D eigenvalue weighted by atomic mass is 79.9. The molecule has 2 aliphatic heterocycles. The fraction of sp³-hybridized carbons (Fsp3) is 0.224. The fourth-order valence-corrected chi connectivity index (χ4v) is 9.46. The summed E-state index contributed by atoms with van der Waals surface area (Å²) in [6.07, 6.45) is 4.29. The molecule has 2 saturated heterocycles. The lowest BCUT2D eigenvalue weighted by molar-refractivity contribution is 0.0676. The zero-order valence-electron chi connectivity index (χ0n) is 32.2. The van der Waals surface area contributed by atoms with Gasteiger partial charge in [-0.3, -0.25) is 9.59 Å². The number of rotatable bonds is 12. The Balaban J connectivity index is 0.959. The van der Waals surface area contributed by atoms with E-state index in [1.54, 1.807) is 24.3 Å². The van der Waals surface area contributed by atoms with Crippen LogP contribution in [0.1, 0.15) is 68.7 Å². The molecule has 2 atom stereocenters. The van der Waals surface area contributed by atoms with Gasteiger partial charge in [-0.05, 0) is 152 Å². The molecule has 3 aliphatic rings. The van der Waals surface area contributed by atoms with E-state index in [-0.39, 0.29) is 24.0 Å². The van der Waals surface area contributed by atoms with E-state index in [1.807, 2.05) is 36.4 Å². The van der Waals surface area contributed by atoms with Gasteiger partial charge in [0.1, 0.15) is 24.7 Å². The molecule has 8 nitrogen and oxygen atoms in total. The van der Waals surface area contributed by atoms with Gasteiger partial charge in [0.15, 0.2) is 0 Å². The van der Waals surface area contributed by atoms with Gasteiger partial charge in [0.2, 0.25) is 0 Å². The van der Waals surface area contributed by atoms with Crippen LogP contribution in [-0.2, 0) is 14.9 Å². The van der Waals surface area contributed by atoms with Crippen molar-refractivity contribution in [3.8, 4) is 22.6 Å². The van der Waals surface area contributed by atoms with Gasteiger partial charge >= 0.3 is 0 Å². The average molecular weight is 915 g/mol. The molecular weight excluding hydrogens is 872 g/mol. The van der Waals surface area contributed by atoms with Gasteiger partial charge in [-0.2, -0.15) is 0 Å². The predicted molar refractivity (Wildman–Crippen MR) is 237 cm³/mol. The molecule has 2 N–H and O–H groups in total. The number of carbonyl (C=O) groups excluding carboxylic acids is 2. The summed E-state index contributed by atoms with van der Waals surface area (Å²) < 4.78 is 24.7. The van der Waals surface area contributed by atoms with Crippen molar-refractivity contribution >= 4 is 55.0 Å². The van der Waals surface area contributed by atoms with Crippen LogP contribution in [0, 0.1) is 0 Å². The zero-order valence-corrected chi connectivity index (χ0v) is 35.4. The van der Waals surface area contributed by atoms with E-state index in [1.165, 1.54) is 11.1 Å². The third-order valence-electron chi connectivity index (χ3n) is 11.4. The van der Waals surface area contributed by atoms with Crippen LogP contribution in [0.5, 0.6) is 11.5 Å². The van der Waals surface area contributed by atoms with Crippen molar-refractivity contribution in [3.05, 3.63) is 176 Å². The minimum Gasteiger partial charge on any atom is -0.490 e. The molecule has 10 heteroatoms. The molecule has 2 amide bonds. The molecule has 0 radical (unpaired) electrons. The topological polar surface area (TPSA) is 95.1 Å². The molecule has 59 heavy (non-hydrogen) atoms. The number of anilines is 2. The number of nitrogens with one attached hydrogen (secondary N) is 2. The fourth-order valence-electron chi connectivity index (χ4n) is 8.47.